The van der Waals surface area contributed by atoms with Gasteiger partial charge in [-0.05, 0) is 42.8 Å². The van der Waals surface area contributed by atoms with Gasteiger partial charge in [0.05, 0.1) is 0 Å². The molecule has 0 bridgehead atoms. The molecule has 0 fully saturated rings. The van der Waals surface area contributed by atoms with Crippen LogP contribution in [-0.4, -0.2) is 19.2 Å². The smallest absolute Gasteiger partial charge is 0.143 e. The quantitative estimate of drug-likeness (QED) is 0.560. The van der Waals surface area contributed by atoms with Gasteiger partial charge in [-0.1, -0.05) is 17.7 Å². The van der Waals surface area contributed by atoms with E-state index in [1.807, 2.05) is 51.3 Å². The Bertz CT molecular complexity index is 868. The van der Waals surface area contributed by atoms with E-state index in [0.29, 0.717) is 5.02 Å². The van der Waals surface area contributed by atoms with Crippen LogP contribution in [0.5, 0.6) is 5.75 Å². The van der Waals surface area contributed by atoms with Gasteiger partial charge in [-0.2, -0.15) is 0 Å². The molecule has 4 nitrogen and oxygen atoms in total. The van der Waals surface area contributed by atoms with Crippen LogP contribution < -0.4 is 0 Å². The standard InChI is InChI=1S/C13H10ClN3O/c1-8-2-5-13(18)12(6-8)17-15-10-4-3-9(14)7-11(10)16(15)17/h2-7,18H,1H3. The molecule has 1 N–H and O–H groups in total. The van der Waals surface area contributed by atoms with E-state index in [1.165, 1.54) is 0 Å². The van der Waals surface area contributed by atoms with E-state index >= 15 is 0 Å². The summed E-state index contributed by atoms with van der Waals surface area (Å²) in [4.78, 5) is 1.92. The molecule has 0 unspecified atom stereocenters. The molecule has 0 atom stereocenters. The molecule has 0 aliphatic carbocycles. The highest BCUT2D eigenvalue weighted by Gasteiger charge is 2.25. The van der Waals surface area contributed by atoms with Crippen molar-refractivity contribution in [3.63, 3.8) is 0 Å². The lowest BCUT2D eigenvalue weighted by atomic mass is 10.2. The molecule has 18 heavy (non-hydrogen) atoms. The van der Waals surface area contributed by atoms with Crippen molar-refractivity contribution in [1.29, 1.82) is 0 Å². The Morgan fingerprint density at radius 2 is 1.78 bits per heavy atom. The third-order valence-corrected chi connectivity index (χ3v) is 3.46. The fourth-order valence-corrected chi connectivity index (χ4v) is 2.48. The van der Waals surface area contributed by atoms with E-state index in [9.17, 15) is 5.11 Å². The summed E-state index contributed by atoms with van der Waals surface area (Å²) < 4.78 is 3.95. The molecule has 0 aliphatic heterocycles. The van der Waals surface area contributed by atoms with Gasteiger partial charge in [0.1, 0.15) is 22.5 Å². The maximum atomic E-state index is 9.92. The number of aromatic hydroxyl groups is 1. The number of hydrogen-bond donors (Lipinski definition) is 1. The molecule has 90 valence electrons. The van der Waals surface area contributed by atoms with E-state index < -0.39 is 0 Å². The number of nitrogens with zero attached hydrogens (tertiary/aromatic N) is 3. The van der Waals surface area contributed by atoms with Crippen LogP contribution in [0.15, 0.2) is 36.4 Å². The van der Waals surface area contributed by atoms with Gasteiger partial charge >= 0.3 is 0 Å². The van der Waals surface area contributed by atoms with Crippen LogP contribution >= 0.6 is 11.6 Å². The number of fused-ring (bicyclic) bond motifs is 4. The average molecular weight is 260 g/mol. The van der Waals surface area contributed by atoms with Crippen molar-refractivity contribution in [2.75, 3.05) is 0 Å². The van der Waals surface area contributed by atoms with E-state index in [2.05, 4.69) is 0 Å². The van der Waals surface area contributed by atoms with Crippen LogP contribution in [0.25, 0.3) is 16.7 Å². The summed E-state index contributed by atoms with van der Waals surface area (Å²) in [6, 6.07) is 11.3. The highest BCUT2D eigenvalue weighted by Crippen LogP contribution is 2.32. The van der Waals surface area contributed by atoms with Crippen LogP contribution in [0.4, 0.5) is 0 Å². The maximum absolute atomic E-state index is 9.92. The van der Waals surface area contributed by atoms with Crippen molar-refractivity contribution in [2.24, 2.45) is 0 Å². The molecular weight excluding hydrogens is 250 g/mol. The number of phenolic OH excluding ortho intramolecular Hbond substituents is 1. The summed E-state index contributed by atoms with van der Waals surface area (Å²) in [5.41, 5.74) is 4.05. The number of rotatable bonds is 1. The summed E-state index contributed by atoms with van der Waals surface area (Å²) >= 11 is 5.97. The molecule has 4 aromatic rings. The van der Waals surface area contributed by atoms with E-state index in [0.717, 1.165) is 22.3 Å². The van der Waals surface area contributed by atoms with Crippen LogP contribution in [0.1, 0.15) is 5.56 Å². The molecule has 2 aromatic heterocycles. The van der Waals surface area contributed by atoms with Gasteiger partial charge in [-0.15, -0.1) is 14.1 Å². The zero-order chi connectivity index (χ0) is 12.4. The minimum absolute atomic E-state index is 0.270. The Labute approximate surface area is 107 Å². The second kappa shape index (κ2) is 3.03. The van der Waals surface area contributed by atoms with Crippen LogP contribution in [0.3, 0.4) is 0 Å². The van der Waals surface area contributed by atoms with Crippen LogP contribution in [0.2, 0.25) is 5.02 Å². The summed E-state index contributed by atoms with van der Waals surface area (Å²) in [5, 5.41) is 10.6. The maximum Gasteiger partial charge on any atom is 0.143 e. The zero-order valence-corrected chi connectivity index (χ0v) is 10.4. The van der Waals surface area contributed by atoms with Gasteiger partial charge in [0.25, 0.3) is 0 Å². The summed E-state index contributed by atoms with van der Waals surface area (Å²) in [6.07, 6.45) is 0. The molecule has 2 heterocycles. The van der Waals surface area contributed by atoms with E-state index in [4.69, 9.17) is 11.6 Å². The lowest BCUT2D eigenvalue weighted by Gasteiger charge is -1.99. The topological polar surface area (TPSA) is 34.0 Å². The molecule has 0 amide bonds. The molecule has 0 saturated heterocycles. The number of aromatic nitrogens is 3. The molecule has 0 radical (unpaired) electrons. The fraction of sp³-hybridized carbons (Fsp3) is 0.0769. The molecule has 4 rings (SSSR count). The van der Waals surface area contributed by atoms with Gasteiger partial charge in [-0.3, -0.25) is 0 Å². The minimum atomic E-state index is 0.270. The number of phenols is 1. The normalized spacial score (nSPS) is 12.1. The van der Waals surface area contributed by atoms with Gasteiger partial charge in [0.2, 0.25) is 0 Å². The number of aryl methyl sites for hydroxylation is 1. The number of hydrogen-bond acceptors (Lipinski definition) is 1. The first-order chi connectivity index (χ1) is 8.66. The third kappa shape index (κ3) is 1.10. The average Bonchev–Trinajstić information content (AvgIpc) is 2.99. The SMILES string of the molecule is Cc1ccc(O)c(-n2n3c4ccc(Cl)cc4n23)c1. The van der Waals surface area contributed by atoms with Crippen molar-refractivity contribution in [3.8, 4) is 11.4 Å². The monoisotopic (exact) mass is 259 g/mol. The van der Waals surface area contributed by atoms with Crippen molar-refractivity contribution in [1.82, 2.24) is 14.1 Å². The lowest BCUT2D eigenvalue weighted by Crippen LogP contribution is -1.88. The highest BCUT2D eigenvalue weighted by atomic mass is 35.5. The first-order valence-corrected chi connectivity index (χ1v) is 6.04. The molecule has 2 aromatic carbocycles. The molecule has 0 saturated carbocycles. The highest BCUT2D eigenvalue weighted by molar-refractivity contribution is 6.31. The molecule has 0 spiro atoms. The number of benzene rings is 2. The predicted molar refractivity (Wildman–Crippen MR) is 70.3 cm³/mol. The van der Waals surface area contributed by atoms with Crippen molar-refractivity contribution in [3.05, 3.63) is 47.0 Å². The van der Waals surface area contributed by atoms with Gasteiger partial charge in [-0.25, -0.2) is 0 Å². The summed E-state index contributed by atoms with van der Waals surface area (Å²) in [5.74, 6) is 0.270. The van der Waals surface area contributed by atoms with Gasteiger partial charge < -0.3 is 5.11 Å². The Morgan fingerprint density at radius 3 is 2.61 bits per heavy atom. The van der Waals surface area contributed by atoms with Gasteiger partial charge in [0, 0.05) is 5.02 Å². The van der Waals surface area contributed by atoms with Crippen molar-refractivity contribution < 1.29 is 5.11 Å². The second-order valence-electron chi connectivity index (χ2n) is 4.49. The lowest BCUT2D eigenvalue weighted by molar-refractivity contribution is 0.471. The fourth-order valence-electron chi connectivity index (χ4n) is 2.31. The molecular formula is C13H10ClN3O. The molecule has 5 heteroatoms. The first-order valence-electron chi connectivity index (χ1n) is 5.66. The Balaban J connectivity index is 1.98. The van der Waals surface area contributed by atoms with Crippen molar-refractivity contribution >= 4 is 22.6 Å². The zero-order valence-electron chi connectivity index (χ0n) is 9.63. The largest absolute Gasteiger partial charge is 0.506 e. The first kappa shape index (κ1) is 9.91. The summed E-state index contributed by atoms with van der Waals surface area (Å²) in [7, 11) is 0. The van der Waals surface area contributed by atoms with E-state index in [-0.39, 0.29) is 5.75 Å². The molecule has 0 aliphatic rings. The Morgan fingerprint density at radius 1 is 1.00 bits per heavy atom. The Kier molecular flexibility index (Phi) is 1.67. The third-order valence-electron chi connectivity index (χ3n) is 3.22. The van der Waals surface area contributed by atoms with Crippen LogP contribution in [-0.2, 0) is 0 Å². The Hall–Kier alpha value is -2.07. The summed E-state index contributed by atoms with van der Waals surface area (Å²) in [6.45, 7) is 2.00. The number of halogens is 1. The van der Waals surface area contributed by atoms with Crippen LogP contribution in [0, 0.1) is 6.92 Å². The predicted octanol–water partition coefficient (Wildman–Crippen LogP) is 3.09. The minimum Gasteiger partial charge on any atom is -0.506 e. The van der Waals surface area contributed by atoms with Crippen molar-refractivity contribution in [2.45, 2.75) is 6.92 Å². The second-order valence-corrected chi connectivity index (χ2v) is 4.93. The van der Waals surface area contributed by atoms with Gasteiger partial charge in [0.15, 0.2) is 0 Å². The van der Waals surface area contributed by atoms with E-state index in [1.54, 1.807) is 6.07 Å².